The number of nitrogens with two attached hydrogens (primary N) is 1. The van der Waals surface area contributed by atoms with Crippen molar-refractivity contribution in [3.63, 3.8) is 0 Å². The Morgan fingerprint density at radius 3 is 2.69 bits per heavy atom. The smallest absolute Gasteiger partial charge is 0.279 e. The van der Waals surface area contributed by atoms with Gasteiger partial charge in [-0.1, -0.05) is 0 Å². The van der Waals surface area contributed by atoms with Crippen molar-refractivity contribution >= 4 is 22.1 Å². The van der Waals surface area contributed by atoms with E-state index in [2.05, 4.69) is 31.5 Å². The molecule has 2 aromatic rings. The summed E-state index contributed by atoms with van der Waals surface area (Å²) < 4.78 is 39.8. The third kappa shape index (κ3) is 4.20. The fraction of sp³-hybridized carbons (Fsp3) is 0.579. The van der Waals surface area contributed by atoms with Gasteiger partial charge in [0.2, 0.25) is 17.8 Å². The minimum atomic E-state index is -3.36. The van der Waals surface area contributed by atoms with Gasteiger partial charge in [0.1, 0.15) is 6.10 Å². The Labute approximate surface area is 186 Å². The zero-order chi connectivity index (χ0) is 22.3. The molecule has 1 atom stereocenters. The molecule has 5 rings (SSSR count). The molecule has 172 valence electrons. The topological polar surface area (TPSA) is 149 Å². The van der Waals surface area contributed by atoms with Gasteiger partial charge in [-0.3, -0.25) is 0 Å². The lowest BCUT2D eigenvalue weighted by Gasteiger charge is -2.39. The minimum Gasteiger partial charge on any atom is -0.474 e. The summed E-state index contributed by atoms with van der Waals surface area (Å²) in [6.45, 7) is 4.87. The molecule has 0 aromatic carbocycles. The molecule has 0 unspecified atom stereocenters. The van der Waals surface area contributed by atoms with E-state index in [-0.39, 0.29) is 24.1 Å². The molecule has 13 heteroatoms. The Bertz CT molecular complexity index is 1080. The number of rotatable bonds is 5. The number of hydrogen-bond donors (Lipinski definition) is 2. The van der Waals surface area contributed by atoms with Crippen LogP contribution in [-0.4, -0.2) is 83.7 Å². The van der Waals surface area contributed by atoms with E-state index in [1.807, 2.05) is 0 Å². The van der Waals surface area contributed by atoms with Crippen molar-refractivity contribution in [1.29, 1.82) is 0 Å². The number of morpholine rings is 1. The quantitative estimate of drug-likeness (QED) is 0.612. The minimum absolute atomic E-state index is 0.0504. The van der Waals surface area contributed by atoms with Gasteiger partial charge in [-0.15, -0.1) is 0 Å². The van der Waals surface area contributed by atoms with Crippen molar-refractivity contribution in [2.45, 2.75) is 38.0 Å². The Balaban J connectivity index is 1.37. The molecule has 32 heavy (non-hydrogen) atoms. The van der Waals surface area contributed by atoms with E-state index in [0.717, 1.165) is 0 Å². The van der Waals surface area contributed by atoms with Crippen molar-refractivity contribution in [3.8, 4) is 17.1 Å². The molecule has 2 saturated heterocycles. The van der Waals surface area contributed by atoms with Gasteiger partial charge in [0, 0.05) is 62.5 Å². The van der Waals surface area contributed by atoms with Crippen LogP contribution in [0.5, 0.6) is 5.88 Å². The Kier molecular flexibility index (Phi) is 5.57. The first-order valence-electron chi connectivity index (χ1n) is 10.6. The molecule has 0 amide bonds. The Hall–Kier alpha value is -2.61. The molecular formula is C19H26N8O4S. The number of nitrogens with one attached hydrogen (secondary N) is 1. The molecule has 0 bridgehead atoms. The third-order valence-corrected chi connectivity index (χ3v) is 7.64. The monoisotopic (exact) mass is 462 g/mol. The summed E-state index contributed by atoms with van der Waals surface area (Å²) in [6.07, 6.45) is 4.36. The van der Waals surface area contributed by atoms with E-state index in [9.17, 15) is 8.42 Å². The average Bonchev–Trinajstić information content (AvgIpc) is 3.09. The largest absolute Gasteiger partial charge is 0.474 e. The van der Waals surface area contributed by atoms with Crippen LogP contribution in [0.15, 0.2) is 18.5 Å². The lowest BCUT2D eigenvalue weighted by atomic mass is 9.89. The van der Waals surface area contributed by atoms with E-state index in [0.29, 0.717) is 68.8 Å². The second-order valence-corrected chi connectivity index (χ2v) is 9.92. The maximum atomic E-state index is 12.1. The zero-order valence-corrected chi connectivity index (χ0v) is 18.5. The van der Waals surface area contributed by atoms with Crippen LogP contribution in [0.3, 0.4) is 0 Å². The number of anilines is 2. The average molecular weight is 463 g/mol. The maximum absolute atomic E-state index is 12.1. The summed E-state index contributed by atoms with van der Waals surface area (Å²) in [7, 11) is -3.36. The first-order valence-corrected chi connectivity index (χ1v) is 12.1. The van der Waals surface area contributed by atoms with Crippen LogP contribution in [0.4, 0.5) is 11.9 Å². The molecule has 1 saturated carbocycles. The normalized spacial score (nSPS) is 27.8. The molecule has 3 fully saturated rings. The second kappa shape index (κ2) is 8.39. The van der Waals surface area contributed by atoms with Crippen LogP contribution in [0.1, 0.15) is 19.8 Å². The van der Waals surface area contributed by atoms with E-state index >= 15 is 0 Å². The van der Waals surface area contributed by atoms with Crippen LogP contribution in [0.2, 0.25) is 0 Å². The molecular weight excluding hydrogens is 436 g/mol. The van der Waals surface area contributed by atoms with Gasteiger partial charge < -0.3 is 20.1 Å². The van der Waals surface area contributed by atoms with Gasteiger partial charge in [0.15, 0.2) is 0 Å². The molecule has 3 aliphatic rings. The van der Waals surface area contributed by atoms with Crippen LogP contribution in [0.25, 0.3) is 11.3 Å². The van der Waals surface area contributed by atoms with Crippen LogP contribution in [0, 0.1) is 0 Å². The van der Waals surface area contributed by atoms with Gasteiger partial charge in [0.05, 0.1) is 24.9 Å². The standard InChI is InChI=1S/C19H26N8O4S/c1-12-11-30-5-4-26(12)19-24-16(13-9-21-18(20)22-10-13)8-17(25-19)31-15-6-14(7-15)27-3-2-23-32(27,28)29/h8-10,12,14-15,23H,2-7,11H2,1H3,(H2,20,21,22)/t12-,14?,15?/m0/s1. The lowest BCUT2D eigenvalue weighted by molar-refractivity contribution is 0.0520. The second-order valence-electron chi connectivity index (χ2n) is 8.21. The van der Waals surface area contributed by atoms with E-state index in [1.165, 1.54) is 4.31 Å². The lowest BCUT2D eigenvalue weighted by Crippen LogP contribution is -2.50. The van der Waals surface area contributed by atoms with Gasteiger partial charge in [-0.25, -0.2) is 19.7 Å². The van der Waals surface area contributed by atoms with E-state index in [1.54, 1.807) is 18.5 Å². The van der Waals surface area contributed by atoms with Crippen molar-refractivity contribution in [2.24, 2.45) is 0 Å². The number of nitrogen functional groups attached to an aromatic ring is 1. The highest BCUT2D eigenvalue weighted by molar-refractivity contribution is 7.87. The number of aromatic nitrogens is 4. The highest BCUT2D eigenvalue weighted by atomic mass is 32.2. The van der Waals surface area contributed by atoms with Crippen molar-refractivity contribution in [1.82, 2.24) is 29.0 Å². The van der Waals surface area contributed by atoms with Gasteiger partial charge in [-0.2, -0.15) is 17.7 Å². The summed E-state index contributed by atoms with van der Waals surface area (Å²) in [5.74, 6) is 1.17. The third-order valence-electron chi connectivity index (χ3n) is 5.97. The van der Waals surface area contributed by atoms with Crippen molar-refractivity contribution in [3.05, 3.63) is 18.5 Å². The summed E-state index contributed by atoms with van der Waals surface area (Å²) in [5.41, 5.74) is 6.96. The fourth-order valence-electron chi connectivity index (χ4n) is 4.15. The first-order chi connectivity index (χ1) is 15.4. The van der Waals surface area contributed by atoms with Crippen LogP contribution >= 0.6 is 0 Å². The molecule has 2 aromatic heterocycles. The first kappa shape index (κ1) is 21.2. The highest BCUT2D eigenvalue weighted by Gasteiger charge is 2.43. The van der Waals surface area contributed by atoms with Crippen molar-refractivity contribution in [2.75, 3.05) is 43.5 Å². The fourth-order valence-corrected chi connectivity index (χ4v) is 5.56. The number of nitrogens with zero attached hydrogens (tertiary/aromatic N) is 6. The molecule has 1 aliphatic carbocycles. The summed E-state index contributed by atoms with van der Waals surface area (Å²) in [6, 6.07) is 1.83. The molecule has 2 aliphatic heterocycles. The number of hydrogen-bond acceptors (Lipinski definition) is 10. The van der Waals surface area contributed by atoms with Crippen LogP contribution in [-0.2, 0) is 14.9 Å². The highest BCUT2D eigenvalue weighted by Crippen LogP contribution is 2.33. The van der Waals surface area contributed by atoms with E-state index in [4.69, 9.17) is 20.2 Å². The predicted molar refractivity (Wildman–Crippen MR) is 116 cm³/mol. The van der Waals surface area contributed by atoms with Crippen LogP contribution < -0.4 is 20.1 Å². The molecule has 12 nitrogen and oxygen atoms in total. The maximum Gasteiger partial charge on any atom is 0.279 e. The SMILES string of the molecule is C[C@H]1COCCN1c1nc(OC2CC(N3CCNS3(=O)=O)C2)cc(-c2cnc(N)nc2)n1. The number of ether oxygens (including phenoxy) is 2. The summed E-state index contributed by atoms with van der Waals surface area (Å²) in [4.78, 5) is 19.6. The van der Waals surface area contributed by atoms with Crippen molar-refractivity contribution < 1.29 is 17.9 Å². The Morgan fingerprint density at radius 1 is 1.22 bits per heavy atom. The molecule has 0 radical (unpaired) electrons. The zero-order valence-electron chi connectivity index (χ0n) is 17.7. The molecule has 3 N–H and O–H groups in total. The van der Waals surface area contributed by atoms with E-state index < -0.39 is 10.2 Å². The van der Waals surface area contributed by atoms with Gasteiger partial charge >= 0.3 is 0 Å². The Morgan fingerprint density at radius 2 is 2.00 bits per heavy atom. The summed E-state index contributed by atoms with van der Waals surface area (Å²) in [5, 5.41) is 0. The van der Waals surface area contributed by atoms with Gasteiger partial charge in [-0.05, 0) is 6.92 Å². The molecule has 4 heterocycles. The predicted octanol–water partition coefficient (Wildman–Crippen LogP) is -0.199. The van der Waals surface area contributed by atoms with Gasteiger partial charge in [0.25, 0.3) is 10.2 Å². The molecule has 0 spiro atoms. The summed E-state index contributed by atoms with van der Waals surface area (Å²) >= 11 is 0.